The highest BCUT2D eigenvalue weighted by molar-refractivity contribution is 7.91. The number of sulfonamides is 1. The molecule has 9 heteroatoms. The molecule has 0 aromatic carbocycles. The van der Waals surface area contributed by atoms with Gasteiger partial charge in [0.15, 0.2) is 0 Å². The van der Waals surface area contributed by atoms with Crippen molar-refractivity contribution >= 4 is 33.0 Å². The summed E-state index contributed by atoms with van der Waals surface area (Å²) in [4.78, 5) is 3.95. The quantitative estimate of drug-likeness (QED) is 0.790. The van der Waals surface area contributed by atoms with Crippen molar-refractivity contribution in [3.8, 4) is 0 Å². The van der Waals surface area contributed by atoms with Gasteiger partial charge in [0.25, 0.3) is 0 Å². The van der Waals surface area contributed by atoms with E-state index in [0.717, 1.165) is 17.2 Å². The van der Waals surface area contributed by atoms with Crippen molar-refractivity contribution in [1.29, 1.82) is 0 Å². The topological polar surface area (TPSA) is 87.7 Å². The van der Waals surface area contributed by atoms with Crippen LogP contribution in [0.2, 0.25) is 4.34 Å². The SMILES string of the molecule is O=S(=O)(NCCCc1ncn[nH]1)c1ccc(Cl)s1. The zero-order valence-corrected chi connectivity index (χ0v) is 11.6. The Kier molecular flexibility index (Phi) is 4.33. The molecule has 0 aliphatic rings. The highest BCUT2D eigenvalue weighted by Crippen LogP contribution is 2.25. The highest BCUT2D eigenvalue weighted by atomic mass is 35.5. The second-order valence-corrected chi connectivity index (χ2v) is 7.20. The normalized spacial score (nSPS) is 11.8. The third-order valence-electron chi connectivity index (χ3n) is 2.16. The molecule has 0 atom stereocenters. The van der Waals surface area contributed by atoms with E-state index in [0.29, 0.717) is 23.7 Å². The molecule has 0 aliphatic carbocycles. The molecule has 0 spiro atoms. The number of nitrogens with one attached hydrogen (secondary N) is 2. The van der Waals surface area contributed by atoms with Crippen molar-refractivity contribution in [2.24, 2.45) is 0 Å². The Bertz CT molecular complexity index is 594. The summed E-state index contributed by atoms with van der Waals surface area (Å²) in [5.41, 5.74) is 0. The molecule has 0 radical (unpaired) electrons. The lowest BCUT2D eigenvalue weighted by Crippen LogP contribution is -2.24. The molecule has 2 rings (SSSR count). The Balaban J connectivity index is 1.82. The summed E-state index contributed by atoms with van der Waals surface area (Å²) >= 11 is 6.74. The molecule has 6 nitrogen and oxygen atoms in total. The molecule has 2 aromatic heterocycles. The monoisotopic (exact) mass is 306 g/mol. The summed E-state index contributed by atoms with van der Waals surface area (Å²) in [7, 11) is -3.44. The fourth-order valence-electron chi connectivity index (χ4n) is 1.33. The van der Waals surface area contributed by atoms with E-state index in [2.05, 4.69) is 19.9 Å². The van der Waals surface area contributed by atoms with E-state index in [1.807, 2.05) is 0 Å². The number of H-pyrrole nitrogens is 1. The largest absolute Gasteiger partial charge is 0.263 e. The van der Waals surface area contributed by atoms with Crippen LogP contribution in [0.5, 0.6) is 0 Å². The number of aryl methyl sites for hydroxylation is 1. The van der Waals surface area contributed by atoms with Crippen molar-refractivity contribution in [3.05, 3.63) is 28.6 Å². The minimum absolute atomic E-state index is 0.229. The van der Waals surface area contributed by atoms with Crippen molar-refractivity contribution in [1.82, 2.24) is 19.9 Å². The number of nitrogens with zero attached hydrogens (tertiary/aromatic N) is 2. The van der Waals surface area contributed by atoms with Gasteiger partial charge in [-0.25, -0.2) is 18.1 Å². The average Bonchev–Trinajstić information content (AvgIpc) is 2.95. The molecule has 0 aliphatic heterocycles. The average molecular weight is 307 g/mol. The molecule has 0 fully saturated rings. The maximum Gasteiger partial charge on any atom is 0.250 e. The second kappa shape index (κ2) is 5.79. The minimum atomic E-state index is -3.44. The zero-order chi connectivity index (χ0) is 13.0. The van der Waals surface area contributed by atoms with Crippen LogP contribution in [0.15, 0.2) is 22.7 Å². The third-order valence-corrected chi connectivity index (χ3v) is 5.34. The predicted molar refractivity (Wildman–Crippen MR) is 69.2 cm³/mol. The number of rotatable bonds is 6. The second-order valence-electron chi connectivity index (χ2n) is 3.49. The molecule has 0 saturated carbocycles. The number of thiophene rings is 1. The van der Waals surface area contributed by atoms with Gasteiger partial charge in [-0.2, -0.15) is 5.10 Å². The van der Waals surface area contributed by atoms with Gasteiger partial charge < -0.3 is 0 Å². The molecule has 0 amide bonds. The van der Waals surface area contributed by atoms with Crippen LogP contribution in [0.3, 0.4) is 0 Å². The van der Waals surface area contributed by atoms with Crippen LogP contribution in [-0.2, 0) is 16.4 Å². The first kappa shape index (κ1) is 13.5. The summed E-state index contributed by atoms with van der Waals surface area (Å²) < 4.78 is 26.8. The minimum Gasteiger partial charge on any atom is -0.263 e. The smallest absolute Gasteiger partial charge is 0.250 e. The van der Waals surface area contributed by atoms with E-state index in [4.69, 9.17) is 11.6 Å². The van der Waals surface area contributed by atoms with Gasteiger partial charge in [0.1, 0.15) is 16.4 Å². The molecule has 2 aromatic rings. The fourth-order valence-corrected chi connectivity index (χ4v) is 3.93. The van der Waals surface area contributed by atoms with Crippen molar-refractivity contribution in [2.45, 2.75) is 17.1 Å². The summed E-state index contributed by atoms with van der Waals surface area (Å²) in [6.45, 7) is 0.346. The molecular formula is C9H11ClN4O2S2. The van der Waals surface area contributed by atoms with Crippen LogP contribution < -0.4 is 4.72 Å². The van der Waals surface area contributed by atoms with E-state index >= 15 is 0 Å². The zero-order valence-electron chi connectivity index (χ0n) is 9.26. The third kappa shape index (κ3) is 3.52. The fraction of sp³-hybridized carbons (Fsp3) is 0.333. The Morgan fingerprint density at radius 2 is 2.28 bits per heavy atom. The maximum absolute atomic E-state index is 11.8. The van der Waals surface area contributed by atoms with Gasteiger partial charge in [-0.1, -0.05) is 11.6 Å². The number of aromatic nitrogens is 3. The van der Waals surface area contributed by atoms with Crippen LogP contribution in [-0.4, -0.2) is 30.1 Å². The van der Waals surface area contributed by atoms with Crippen LogP contribution in [0.1, 0.15) is 12.2 Å². The van der Waals surface area contributed by atoms with Crippen LogP contribution in [0, 0.1) is 0 Å². The first-order valence-corrected chi connectivity index (χ1v) is 7.85. The van der Waals surface area contributed by atoms with Gasteiger partial charge in [0.2, 0.25) is 10.0 Å². The molecule has 0 saturated heterocycles. The Labute approximate surface area is 113 Å². The molecule has 2 heterocycles. The van der Waals surface area contributed by atoms with Gasteiger partial charge in [0, 0.05) is 13.0 Å². The standard InChI is InChI=1S/C9H11ClN4O2S2/c10-7-3-4-9(17-7)18(15,16)13-5-1-2-8-11-6-12-14-8/h3-4,6,13H,1-2,5H2,(H,11,12,14). The number of aromatic amines is 1. The summed E-state index contributed by atoms with van der Waals surface area (Å²) in [6.07, 6.45) is 2.72. The molecule has 98 valence electrons. The summed E-state index contributed by atoms with van der Waals surface area (Å²) in [6, 6.07) is 3.06. The lowest BCUT2D eigenvalue weighted by atomic mass is 10.3. The molecule has 0 bridgehead atoms. The Morgan fingerprint density at radius 3 is 2.89 bits per heavy atom. The summed E-state index contributed by atoms with van der Waals surface area (Å²) in [5.74, 6) is 0.744. The molecule has 18 heavy (non-hydrogen) atoms. The first-order valence-electron chi connectivity index (χ1n) is 5.17. The van der Waals surface area contributed by atoms with E-state index in [-0.39, 0.29) is 4.21 Å². The van der Waals surface area contributed by atoms with E-state index in [9.17, 15) is 8.42 Å². The predicted octanol–water partition coefficient (Wildman–Crippen LogP) is 1.43. The van der Waals surface area contributed by atoms with Crippen molar-refractivity contribution < 1.29 is 8.42 Å². The van der Waals surface area contributed by atoms with E-state index < -0.39 is 10.0 Å². The van der Waals surface area contributed by atoms with Gasteiger partial charge >= 0.3 is 0 Å². The van der Waals surface area contributed by atoms with E-state index in [1.54, 1.807) is 6.07 Å². The number of hydrogen-bond acceptors (Lipinski definition) is 5. The Hall–Kier alpha value is -0.960. The maximum atomic E-state index is 11.8. The molecule has 0 unspecified atom stereocenters. The van der Waals surface area contributed by atoms with Crippen LogP contribution >= 0.6 is 22.9 Å². The van der Waals surface area contributed by atoms with Crippen molar-refractivity contribution in [3.63, 3.8) is 0 Å². The lowest BCUT2D eigenvalue weighted by Gasteiger charge is -2.03. The van der Waals surface area contributed by atoms with Crippen LogP contribution in [0.4, 0.5) is 0 Å². The van der Waals surface area contributed by atoms with Gasteiger partial charge in [-0.05, 0) is 18.6 Å². The van der Waals surface area contributed by atoms with Crippen LogP contribution in [0.25, 0.3) is 0 Å². The highest BCUT2D eigenvalue weighted by Gasteiger charge is 2.15. The van der Waals surface area contributed by atoms with Crippen molar-refractivity contribution in [2.75, 3.05) is 6.54 Å². The van der Waals surface area contributed by atoms with Gasteiger partial charge in [0.05, 0.1) is 4.34 Å². The number of hydrogen-bond donors (Lipinski definition) is 2. The summed E-state index contributed by atoms with van der Waals surface area (Å²) in [5, 5.41) is 6.43. The Morgan fingerprint density at radius 1 is 1.44 bits per heavy atom. The van der Waals surface area contributed by atoms with Gasteiger partial charge in [-0.3, -0.25) is 5.10 Å². The lowest BCUT2D eigenvalue weighted by molar-refractivity contribution is 0.580. The van der Waals surface area contributed by atoms with E-state index in [1.165, 1.54) is 12.4 Å². The number of halogens is 1. The first-order chi connectivity index (χ1) is 8.58. The van der Waals surface area contributed by atoms with Gasteiger partial charge in [-0.15, -0.1) is 11.3 Å². The molecular weight excluding hydrogens is 296 g/mol. The molecule has 2 N–H and O–H groups in total.